The van der Waals surface area contributed by atoms with Crippen molar-refractivity contribution in [3.63, 3.8) is 0 Å². The molecule has 2 heterocycles. The minimum Gasteiger partial charge on any atom is -0.354 e. The second kappa shape index (κ2) is 7.47. The number of halogens is 1. The number of carbonyl (C=O) groups excluding carboxylic acids is 1. The molecule has 1 aromatic carbocycles. The second-order valence-electron chi connectivity index (χ2n) is 5.98. The van der Waals surface area contributed by atoms with Crippen molar-refractivity contribution in [3.05, 3.63) is 59.7 Å². The van der Waals surface area contributed by atoms with Gasteiger partial charge in [-0.1, -0.05) is 6.07 Å². The Hall–Kier alpha value is -3.02. The number of hydrogen-bond donors (Lipinski definition) is 1. The predicted octanol–water partition coefficient (Wildman–Crippen LogP) is 4.30. The Kier molecular flexibility index (Phi) is 5.11. The Morgan fingerprint density at radius 3 is 2.65 bits per heavy atom. The maximum Gasteiger partial charge on any atom is 0.257 e. The molecule has 0 unspecified atom stereocenters. The number of fused-ring (bicyclic) bond motifs is 1. The fraction of sp³-hybridized carbons (Fsp3) is 0.250. The number of aromatic nitrogens is 2. The van der Waals surface area contributed by atoms with Crippen LogP contribution in [0.2, 0.25) is 0 Å². The topological polar surface area (TPSA) is 58.1 Å². The Labute approximate surface area is 151 Å². The zero-order chi connectivity index (χ0) is 18.7. The second-order valence-corrected chi connectivity index (χ2v) is 5.98. The van der Waals surface area contributed by atoms with Gasteiger partial charge in [0.1, 0.15) is 5.82 Å². The summed E-state index contributed by atoms with van der Waals surface area (Å²) in [6, 6.07) is 9.89. The number of aryl methyl sites for hydroxylation is 1. The standard InChI is InChI=1S/C20H21FN4O/c1-4-25(5-2)20(26)17-12-22-19-16(10-9-13(3)23-19)18(17)24-15-8-6-7-14(21)11-15/h6-12H,4-5H2,1-3H3,(H,22,23,24). The van der Waals surface area contributed by atoms with Crippen molar-refractivity contribution in [3.8, 4) is 0 Å². The van der Waals surface area contributed by atoms with Crippen LogP contribution in [-0.2, 0) is 0 Å². The van der Waals surface area contributed by atoms with E-state index in [4.69, 9.17) is 0 Å². The minimum absolute atomic E-state index is 0.121. The molecule has 0 radical (unpaired) electrons. The Balaban J connectivity index is 2.17. The lowest BCUT2D eigenvalue weighted by molar-refractivity contribution is 0.0774. The largest absolute Gasteiger partial charge is 0.354 e. The lowest BCUT2D eigenvalue weighted by atomic mass is 10.1. The first-order chi connectivity index (χ1) is 12.5. The summed E-state index contributed by atoms with van der Waals surface area (Å²) in [4.78, 5) is 23.5. The highest BCUT2D eigenvalue weighted by molar-refractivity contribution is 6.07. The van der Waals surface area contributed by atoms with Gasteiger partial charge in [0, 0.05) is 36.1 Å². The van der Waals surface area contributed by atoms with Crippen LogP contribution >= 0.6 is 0 Å². The van der Waals surface area contributed by atoms with E-state index >= 15 is 0 Å². The normalized spacial score (nSPS) is 10.8. The van der Waals surface area contributed by atoms with Gasteiger partial charge in [0.2, 0.25) is 0 Å². The van der Waals surface area contributed by atoms with Crippen molar-refractivity contribution in [1.29, 1.82) is 0 Å². The molecule has 3 aromatic rings. The van der Waals surface area contributed by atoms with Crippen molar-refractivity contribution in [1.82, 2.24) is 14.9 Å². The Morgan fingerprint density at radius 1 is 1.19 bits per heavy atom. The fourth-order valence-corrected chi connectivity index (χ4v) is 2.86. The molecule has 3 rings (SSSR count). The molecule has 0 atom stereocenters. The molecule has 2 aromatic heterocycles. The van der Waals surface area contributed by atoms with Gasteiger partial charge >= 0.3 is 0 Å². The maximum absolute atomic E-state index is 13.6. The van der Waals surface area contributed by atoms with Crippen LogP contribution in [0.1, 0.15) is 29.9 Å². The summed E-state index contributed by atoms with van der Waals surface area (Å²) >= 11 is 0. The van der Waals surface area contributed by atoms with Crippen molar-refractivity contribution < 1.29 is 9.18 Å². The van der Waals surface area contributed by atoms with Crippen molar-refractivity contribution in [2.75, 3.05) is 18.4 Å². The molecular formula is C20H21FN4O. The van der Waals surface area contributed by atoms with Gasteiger partial charge < -0.3 is 10.2 Å². The molecular weight excluding hydrogens is 331 g/mol. The van der Waals surface area contributed by atoms with Crippen LogP contribution in [0, 0.1) is 12.7 Å². The van der Waals surface area contributed by atoms with Crippen LogP contribution in [0.25, 0.3) is 11.0 Å². The van der Waals surface area contributed by atoms with Crippen LogP contribution in [0.3, 0.4) is 0 Å². The summed E-state index contributed by atoms with van der Waals surface area (Å²) in [7, 11) is 0. The van der Waals surface area contributed by atoms with Crippen LogP contribution in [0.15, 0.2) is 42.6 Å². The van der Waals surface area contributed by atoms with Gasteiger partial charge in [-0.15, -0.1) is 0 Å². The summed E-state index contributed by atoms with van der Waals surface area (Å²) in [5.41, 5.74) is 2.97. The zero-order valence-corrected chi connectivity index (χ0v) is 15.1. The molecule has 26 heavy (non-hydrogen) atoms. The third-order valence-corrected chi connectivity index (χ3v) is 4.24. The number of anilines is 2. The molecule has 0 saturated heterocycles. The third-order valence-electron chi connectivity index (χ3n) is 4.24. The number of carbonyl (C=O) groups is 1. The molecule has 6 heteroatoms. The first kappa shape index (κ1) is 17.8. The summed E-state index contributed by atoms with van der Waals surface area (Å²) in [6.07, 6.45) is 1.54. The van der Waals surface area contributed by atoms with Gasteiger partial charge in [0.15, 0.2) is 5.65 Å². The SMILES string of the molecule is CCN(CC)C(=O)c1cnc2nc(C)ccc2c1Nc1cccc(F)c1. The molecule has 1 N–H and O–H groups in total. The number of nitrogens with zero attached hydrogens (tertiary/aromatic N) is 3. The molecule has 0 fully saturated rings. The molecule has 5 nitrogen and oxygen atoms in total. The highest BCUT2D eigenvalue weighted by Crippen LogP contribution is 2.29. The molecule has 0 bridgehead atoms. The van der Waals surface area contributed by atoms with Crippen LogP contribution in [-0.4, -0.2) is 33.9 Å². The number of benzene rings is 1. The van der Waals surface area contributed by atoms with Gasteiger partial charge in [-0.3, -0.25) is 4.79 Å². The number of nitrogens with one attached hydrogen (secondary N) is 1. The highest BCUT2D eigenvalue weighted by Gasteiger charge is 2.20. The van der Waals surface area contributed by atoms with Crippen molar-refractivity contribution in [2.45, 2.75) is 20.8 Å². The molecule has 0 spiro atoms. The van der Waals surface area contributed by atoms with Gasteiger partial charge in [-0.25, -0.2) is 14.4 Å². The molecule has 0 aliphatic rings. The number of hydrogen-bond acceptors (Lipinski definition) is 4. The molecule has 1 amide bonds. The number of rotatable bonds is 5. The van der Waals surface area contributed by atoms with E-state index in [0.717, 1.165) is 11.1 Å². The van der Waals surface area contributed by atoms with Crippen molar-refractivity contribution >= 4 is 28.3 Å². The summed E-state index contributed by atoms with van der Waals surface area (Å²) < 4.78 is 13.6. The smallest absolute Gasteiger partial charge is 0.257 e. The average molecular weight is 352 g/mol. The Bertz CT molecular complexity index is 954. The molecule has 0 aliphatic heterocycles. The number of pyridine rings is 2. The van der Waals surface area contributed by atoms with E-state index in [1.165, 1.54) is 18.3 Å². The van der Waals surface area contributed by atoms with Crippen LogP contribution in [0.5, 0.6) is 0 Å². The highest BCUT2D eigenvalue weighted by atomic mass is 19.1. The lowest BCUT2D eigenvalue weighted by Crippen LogP contribution is -2.31. The summed E-state index contributed by atoms with van der Waals surface area (Å²) in [5.74, 6) is -0.470. The first-order valence-corrected chi connectivity index (χ1v) is 8.61. The predicted molar refractivity (Wildman–Crippen MR) is 101 cm³/mol. The van der Waals surface area contributed by atoms with E-state index in [1.807, 2.05) is 32.9 Å². The molecule has 0 saturated carbocycles. The zero-order valence-electron chi connectivity index (χ0n) is 15.1. The average Bonchev–Trinajstić information content (AvgIpc) is 2.62. The summed E-state index contributed by atoms with van der Waals surface area (Å²) in [5, 5.41) is 3.91. The van der Waals surface area contributed by atoms with E-state index in [1.54, 1.807) is 17.0 Å². The van der Waals surface area contributed by atoms with Gasteiger partial charge in [-0.05, 0) is 51.1 Å². The monoisotopic (exact) mass is 352 g/mol. The number of amides is 1. The Morgan fingerprint density at radius 2 is 1.96 bits per heavy atom. The van der Waals surface area contributed by atoms with E-state index in [0.29, 0.717) is 35.7 Å². The van der Waals surface area contributed by atoms with E-state index in [-0.39, 0.29) is 11.7 Å². The third kappa shape index (κ3) is 3.49. The quantitative estimate of drug-likeness (QED) is 0.744. The lowest BCUT2D eigenvalue weighted by Gasteiger charge is -2.21. The van der Waals surface area contributed by atoms with Crippen molar-refractivity contribution in [2.24, 2.45) is 0 Å². The van der Waals surface area contributed by atoms with Crippen LogP contribution in [0.4, 0.5) is 15.8 Å². The van der Waals surface area contributed by atoms with E-state index in [2.05, 4.69) is 15.3 Å². The van der Waals surface area contributed by atoms with E-state index in [9.17, 15) is 9.18 Å². The van der Waals surface area contributed by atoms with Gasteiger partial charge in [0.25, 0.3) is 5.91 Å². The molecule has 0 aliphatic carbocycles. The minimum atomic E-state index is -0.348. The fourth-order valence-electron chi connectivity index (χ4n) is 2.86. The van der Waals surface area contributed by atoms with Gasteiger partial charge in [0.05, 0.1) is 11.3 Å². The summed E-state index contributed by atoms with van der Waals surface area (Å²) in [6.45, 7) is 6.94. The van der Waals surface area contributed by atoms with Gasteiger partial charge in [-0.2, -0.15) is 0 Å². The maximum atomic E-state index is 13.6. The van der Waals surface area contributed by atoms with Crippen LogP contribution < -0.4 is 5.32 Å². The first-order valence-electron chi connectivity index (χ1n) is 8.61. The molecule has 134 valence electrons. The van der Waals surface area contributed by atoms with E-state index < -0.39 is 0 Å².